The number of hydrogen-bond acceptors (Lipinski definition) is 1. The number of para-hydroxylation sites is 1. The van der Waals surface area contributed by atoms with Crippen LogP contribution in [0.1, 0.15) is 31.5 Å². The summed E-state index contributed by atoms with van der Waals surface area (Å²) in [5.74, 6) is 0. The van der Waals surface area contributed by atoms with Gasteiger partial charge in [0.1, 0.15) is 0 Å². The third-order valence-electron chi connectivity index (χ3n) is 3.86. The van der Waals surface area contributed by atoms with E-state index < -0.39 is 0 Å². The fourth-order valence-corrected chi connectivity index (χ4v) is 3.00. The highest BCUT2D eigenvalue weighted by Gasteiger charge is 2.18. The van der Waals surface area contributed by atoms with Crippen LogP contribution in [-0.4, -0.2) is 17.7 Å². The lowest BCUT2D eigenvalue weighted by atomic mass is 10.1. The van der Waals surface area contributed by atoms with Crippen LogP contribution < -0.4 is 5.32 Å². The highest BCUT2D eigenvalue weighted by Crippen LogP contribution is 2.29. The van der Waals surface area contributed by atoms with Crippen LogP contribution >= 0.6 is 0 Å². The normalized spacial score (nSPS) is 17.7. The SMILES string of the molecule is CCc1cc2ccccc2n1C1CCNCC1. The molecule has 1 aliphatic heterocycles. The lowest BCUT2D eigenvalue weighted by molar-refractivity contribution is 0.370. The van der Waals surface area contributed by atoms with Gasteiger partial charge in [0.25, 0.3) is 0 Å². The fraction of sp³-hybridized carbons (Fsp3) is 0.467. The minimum absolute atomic E-state index is 0.686. The molecule has 0 bridgehead atoms. The molecule has 0 spiro atoms. The van der Waals surface area contributed by atoms with Gasteiger partial charge in [-0.3, -0.25) is 0 Å². The number of rotatable bonds is 2. The summed E-state index contributed by atoms with van der Waals surface area (Å²) in [5.41, 5.74) is 2.90. The van der Waals surface area contributed by atoms with E-state index in [0.29, 0.717) is 6.04 Å². The molecule has 1 aromatic carbocycles. The lowest BCUT2D eigenvalue weighted by Crippen LogP contribution is -2.29. The molecule has 2 nitrogen and oxygen atoms in total. The Morgan fingerprint density at radius 3 is 2.76 bits per heavy atom. The Morgan fingerprint density at radius 1 is 1.24 bits per heavy atom. The summed E-state index contributed by atoms with van der Waals surface area (Å²) < 4.78 is 2.58. The summed E-state index contributed by atoms with van der Waals surface area (Å²) in [6, 6.07) is 11.8. The van der Waals surface area contributed by atoms with Gasteiger partial charge < -0.3 is 9.88 Å². The van der Waals surface area contributed by atoms with Crippen LogP contribution in [0.3, 0.4) is 0 Å². The Bertz CT molecular complexity index is 507. The first-order valence-corrected chi connectivity index (χ1v) is 6.69. The van der Waals surface area contributed by atoms with Crippen LogP contribution in [0, 0.1) is 0 Å². The molecule has 0 saturated carbocycles. The monoisotopic (exact) mass is 228 g/mol. The number of fused-ring (bicyclic) bond motifs is 1. The van der Waals surface area contributed by atoms with Crippen LogP contribution in [0.5, 0.6) is 0 Å². The van der Waals surface area contributed by atoms with E-state index >= 15 is 0 Å². The highest BCUT2D eigenvalue weighted by molar-refractivity contribution is 5.81. The van der Waals surface area contributed by atoms with E-state index in [1.807, 2.05) is 0 Å². The van der Waals surface area contributed by atoms with Crippen molar-refractivity contribution in [2.24, 2.45) is 0 Å². The topological polar surface area (TPSA) is 17.0 Å². The molecule has 2 heteroatoms. The van der Waals surface area contributed by atoms with Crippen LogP contribution in [0.2, 0.25) is 0 Å². The Labute approximate surface area is 103 Å². The summed E-state index contributed by atoms with van der Waals surface area (Å²) >= 11 is 0. The fourth-order valence-electron chi connectivity index (χ4n) is 3.00. The average molecular weight is 228 g/mol. The second kappa shape index (κ2) is 4.53. The molecule has 1 aliphatic rings. The Hall–Kier alpha value is -1.28. The van der Waals surface area contributed by atoms with E-state index in [1.165, 1.54) is 29.4 Å². The minimum atomic E-state index is 0.686. The zero-order chi connectivity index (χ0) is 11.7. The maximum Gasteiger partial charge on any atom is 0.0485 e. The van der Waals surface area contributed by atoms with Gasteiger partial charge in [0.15, 0.2) is 0 Å². The average Bonchev–Trinajstić information content (AvgIpc) is 2.78. The first-order chi connectivity index (χ1) is 8.40. The second-order valence-corrected chi connectivity index (χ2v) is 4.90. The summed E-state index contributed by atoms with van der Waals surface area (Å²) in [6.45, 7) is 4.56. The molecule has 0 atom stereocenters. The zero-order valence-electron chi connectivity index (χ0n) is 10.4. The number of nitrogens with zero attached hydrogens (tertiary/aromatic N) is 1. The van der Waals surface area contributed by atoms with Gasteiger partial charge in [0.2, 0.25) is 0 Å². The van der Waals surface area contributed by atoms with Gasteiger partial charge in [0, 0.05) is 17.3 Å². The van der Waals surface area contributed by atoms with Crippen molar-refractivity contribution in [3.05, 3.63) is 36.0 Å². The smallest absolute Gasteiger partial charge is 0.0485 e. The van der Waals surface area contributed by atoms with Gasteiger partial charge in [0.05, 0.1) is 0 Å². The van der Waals surface area contributed by atoms with E-state index in [4.69, 9.17) is 0 Å². The third kappa shape index (κ3) is 1.87. The van der Waals surface area contributed by atoms with Gasteiger partial charge in [-0.2, -0.15) is 0 Å². The molecule has 2 heterocycles. The first kappa shape index (κ1) is 10.8. The first-order valence-electron chi connectivity index (χ1n) is 6.69. The van der Waals surface area contributed by atoms with Crippen molar-refractivity contribution in [2.45, 2.75) is 32.2 Å². The number of hydrogen-bond donors (Lipinski definition) is 1. The molecule has 2 aromatic rings. The molecule has 3 rings (SSSR count). The van der Waals surface area contributed by atoms with Crippen LogP contribution in [0.25, 0.3) is 10.9 Å². The van der Waals surface area contributed by atoms with Gasteiger partial charge in [-0.15, -0.1) is 0 Å². The molecule has 0 unspecified atom stereocenters. The number of aryl methyl sites for hydroxylation is 1. The Kier molecular flexibility index (Phi) is 2.89. The Morgan fingerprint density at radius 2 is 2.00 bits per heavy atom. The maximum absolute atomic E-state index is 3.45. The molecule has 1 aromatic heterocycles. The van der Waals surface area contributed by atoms with Crippen LogP contribution in [0.4, 0.5) is 0 Å². The van der Waals surface area contributed by atoms with Crippen molar-refractivity contribution in [1.29, 1.82) is 0 Å². The molecular formula is C15H20N2. The van der Waals surface area contributed by atoms with Crippen LogP contribution in [-0.2, 0) is 6.42 Å². The number of nitrogens with one attached hydrogen (secondary N) is 1. The van der Waals surface area contributed by atoms with Gasteiger partial charge >= 0.3 is 0 Å². The molecule has 90 valence electrons. The Balaban J connectivity index is 2.11. The van der Waals surface area contributed by atoms with Crippen molar-refractivity contribution in [1.82, 2.24) is 9.88 Å². The summed E-state index contributed by atoms with van der Waals surface area (Å²) in [7, 11) is 0. The minimum Gasteiger partial charge on any atom is -0.341 e. The zero-order valence-corrected chi connectivity index (χ0v) is 10.4. The molecule has 1 saturated heterocycles. The number of piperidine rings is 1. The van der Waals surface area contributed by atoms with Crippen molar-refractivity contribution in [3.63, 3.8) is 0 Å². The van der Waals surface area contributed by atoms with Crippen molar-refractivity contribution in [3.8, 4) is 0 Å². The maximum atomic E-state index is 3.45. The van der Waals surface area contributed by atoms with E-state index in [2.05, 4.69) is 47.1 Å². The molecular weight excluding hydrogens is 208 g/mol. The lowest BCUT2D eigenvalue weighted by Gasteiger charge is -2.27. The summed E-state index contributed by atoms with van der Waals surface area (Å²) in [5, 5.41) is 4.84. The second-order valence-electron chi connectivity index (χ2n) is 4.90. The summed E-state index contributed by atoms with van der Waals surface area (Å²) in [4.78, 5) is 0. The van der Waals surface area contributed by atoms with E-state index in [0.717, 1.165) is 19.5 Å². The van der Waals surface area contributed by atoms with Crippen LogP contribution in [0.15, 0.2) is 30.3 Å². The molecule has 0 radical (unpaired) electrons. The largest absolute Gasteiger partial charge is 0.341 e. The summed E-state index contributed by atoms with van der Waals surface area (Å²) in [6.07, 6.45) is 3.63. The third-order valence-corrected chi connectivity index (χ3v) is 3.86. The molecule has 0 amide bonds. The standard InChI is InChI=1S/C15H20N2/c1-2-13-11-12-5-3-4-6-15(12)17(13)14-7-9-16-10-8-14/h3-6,11,14,16H,2,7-10H2,1H3. The van der Waals surface area contributed by atoms with Crippen molar-refractivity contribution < 1.29 is 0 Å². The van der Waals surface area contributed by atoms with E-state index in [-0.39, 0.29) is 0 Å². The number of benzene rings is 1. The number of aromatic nitrogens is 1. The molecule has 0 aliphatic carbocycles. The molecule has 17 heavy (non-hydrogen) atoms. The highest BCUT2D eigenvalue weighted by atomic mass is 15.0. The predicted octanol–water partition coefficient (Wildman–Crippen LogP) is 3.13. The van der Waals surface area contributed by atoms with E-state index in [1.54, 1.807) is 0 Å². The van der Waals surface area contributed by atoms with Gasteiger partial charge in [-0.25, -0.2) is 0 Å². The van der Waals surface area contributed by atoms with Crippen molar-refractivity contribution in [2.75, 3.05) is 13.1 Å². The molecule has 1 fully saturated rings. The quantitative estimate of drug-likeness (QED) is 0.835. The van der Waals surface area contributed by atoms with Gasteiger partial charge in [-0.05, 0) is 49.9 Å². The van der Waals surface area contributed by atoms with Gasteiger partial charge in [-0.1, -0.05) is 25.1 Å². The van der Waals surface area contributed by atoms with Crippen molar-refractivity contribution >= 4 is 10.9 Å². The predicted molar refractivity (Wildman–Crippen MR) is 72.5 cm³/mol. The van der Waals surface area contributed by atoms with E-state index in [9.17, 15) is 0 Å². The molecule has 1 N–H and O–H groups in total.